The molecule has 2 heterocycles. The van der Waals surface area contributed by atoms with E-state index >= 15 is 0 Å². The number of nitrogens with zero attached hydrogens (tertiary/aromatic N) is 2. The third-order valence-electron chi connectivity index (χ3n) is 3.13. The Kier molecular flexibility index (Phi) is 3.39. The van der Waals surface area contributed by atoms with E-state index in [0.717, 1.165) is 10.9 Å². The normalized spacial score (nSPS) is 12.2. The van der Waals surface area contributed by atoms with Gasteiger partial charge in [0.25, 0.3) is 0 Å². The first-order valence-corrected chi connectivity index (χ1v) is 7.81. The molecule has 22 heavy (non-hydrogen) atoms. The zero-order valence-corrected chi connectivity index (χ0v) is 12.1. The van der Waals surface area contributed by atoms with Gasteiger partial charge in [0.05, 0.1) is 21.7 Å². The number of primary sulfonamides is 1. The maximum atomic E-state index is 11.2. The highest BCUT2D eigenvalue weighted by molar-refractivity contribution is 7.89. The van der Waals surface area contributed by atoms with Crippen molar-refractivity contribution in [1.29, 1.82) is 0 Å². The van der Waals surface area contributed by atoms with Crippen molar-refractivity contribution in [2.75, 3.05) is 0 Å². The predicted octanol–water partition coefficient (Wildman–Crippen LogP) is 1.67. The quantitative estimate of drug-likeness (QED) is 0.636. The van der Waals surface area contributed by atoms with Crippen LogP contribution in [-0.2, 0) is 10.0 Å². The molecule has 3 aromatic rings. The molecule has 0 spiro atoms. The molecule has 0 radical (unpaired) electrons. The minimum atomic E-state index is -3.72. The zero-order valence-electron chi connectivity index (χ0n) is 11.3. The van der Waals surface area contributed by atoms with Crippen molar-refractivity contribution >= 4 is 32.8 Å². The summed E-state index contributed by atoms with van der Waals surface area (Å²) in [5, 5.41) is 15.7. The van der Waals surface area contributed by atoms with Gasteiger partial charge in [0.2, 0.25) is 10.0 Å². The van der Waals surface area contributed by atoms with Gasteiger partial charge in [0.1, 0.15) is 0 Å². The predicted molar refractivity (Wildman–Crippen MR) is 82.8 cm³/mol. The largest absolute Gasteiger partial charge is 0.494 e. The van der Waals surface area contributed by atoms with E-state index in [4.69, 9.17) is 5.14 Å². The molecule has 0 bridgehead atoms. The van der Waals surface area contributed by atoms with E-state index in [0.29, 0.717) is 11.3 Å². The molecule has 0 aliphatic heterocycles. The summed E-state index contributed by atoms with van der Waals surface area (Å²) in [6.45, 7) is 0. The molecule has 1 aromatic carbocycles. The van der Waals surface area contributed by atoms with Gasteiger partial charge < -0.3 is 10.1 Å². The van der Waals surface area contributed by atoms with Gasteiger partial charge in [-0.05, 0) is 30.3 Å². The third-order valence-corrected chi connectivity index (χ3v) is 4.06. The molecule has 8 heteroatoms. The Labute approximate surface area is 126 Å². The lowest BCUT2D eigenvalue weighted by Crippen LogP contribution is -2.11. The fraction of sp³-hybridized carbons (Fsp3) is 0. The monoisotopic (exact) mass is 316 g/mol. The average molecular weight is 316 g/mol. The van der Waals surface area contributed by atoms with Gasteiger partial charge in [-0.25, -0.2) is 13.6 Å². The molecule has 0 saturated carbocycles. The standard InChI is InChI=1S/C14H12N4O3S/c15-22(20,21)10-3-1-9(2-4-10)17-8-12-11-7-16-6-5-13(11)18-14(12)19/h1-8,18-19H,(H2,15,20,21). The van der Waals surface area contributed by atoms with Crippen LogP contribution >= 0.6 is 0 Å². The van der Waals surface area contributed by atoms with Crippen LogP contribution in [0.2, 0.25) is 0 Å². The fourth-order valence-corrected chi connectivity index (χ4v) is 2.55. The number of aromatic hydroxyl groups is 1. The number of nitrogens with two attached hydrogens (primary N) is 1. The number of pyridine rings is 1. The van der Waals surface area contributed by atoms with E-state index < -0.39 is 10.0 Å². The lowest BCUT2D eigenvalue weighted by Gasteiger charge is -1.98. The second kappa shape index (κ2) is 5.24. The number of nitrogens with one attached hydrogen (secondary N) is 1. The zero-order chi connectivity index (χ0) is 15.7. The van der Waals surface area contributed by atoms with Crippen molar-refractivity contribution in [3.05, 3.63) is 48.3 Å². The van der Waals surface area contributed by atoms with Crippen molar-refractivity contribution in [1.82, 2.24) is 9.97 Å². The van der Waals surface area contributed by atoms with Crippen LogP contribution in [0.25, 0.3) is 10.9 Å². The number of sulfonamides is 1. The lowest BCUT2D eigenvalue weighted by atomic mass is 10.2. The minimum Gasteiger partial charge on any atom is -0.494 e. The maximum Gasteiger partial charge on any atom is 0.238 e. The molecule has 112 valence electrons. The van der Waals surface area contributed by atoms with Gasteiger partial charge in [-0.3, -0.25) is 9.98 Å². The number of hydrogen-bond donors (Lipinski definition) is 3. The maximum absolute atomic E-state index is 11.2. The molecule has 0 aliphatic rings. The number of aromatic nitrogens is 2. The van der Waals surface area contributed by atoms with E-state index in [9.17, 15) is 13.5 Å². The molecule has 0 atom stereocenters. The van der Waals surface area contributed by atoms with Gasteiger partial charge in [0.15, 0.2) is 5.88 Å². The van der Waals surface area contributed by atoms with Crippen LogP contribution in [0.1, 0.15) is 5.56 Å². The average Bonchev–Trinajstić information content (AvgIpc) is 2.80. The van der Waals surface area contributed by atoms with Crippen LogP contribution in [0.5, 0.6) is 5.88 Å². The van der Waals surface area contributed by atoms with E-state index in [-0.39, 0.29) is 10.8 Å². The van der Waals surface area contributed by atoms with Crippen molar-refractivity contribution in [3.63, 3.8) is 0 Å². The van der Waals surface area contributed by atoms with E-state index in [1.165, 1.54) is 30.5 Å². The Hall–Kier alpha value is -2.71. The summed E-state index contributed by atoms with van der Waals surface area (Å²) in [4.78, 5) is 11.1. The number of aliphatic imine (C=N–C) groups is 1. The summed E-state index contributed by atoms with van der Waals surface area (Å²) in [6, 6.07) is 7.55. The first-order chi connectivity index (χ1) is 10.4. The Balaban J connectivity index is 1.95. The number of fused-ring (bicyclic) bond motifs is 1. The second-order valence-corrected chi connectivity index (χ2v) is 6.17. The summed E-state index contributed by atoms with van der Waals surface area (Å²) >= 11 is 0. The summed E-state index contributed by atoms with van der Waals surface area (Å²) in [7, 11) is -3.72. The number of rotatable bonds is 3. The first-order valence-electron chi connectivity index (χ1n) is 6.27. The third kappa shape index (κ3) is 2.69. The molecular formula is C14H12N4O3S. The number of aromatic amines is 1. The topological polar surface area (TPSA) is 121 Å². The molecule has 2 aromatic heterocycles. The highest BCUT2D eigenvalue weighted by atomic mass is 32.2. The van der Waals surface area contributed by atoms with Crippen LogP contribution < -0.4 is 5.14 Å². The minimum absolute atomic E-state index is 0.00657. The van der Waals surface area contributed by atoms with Gasteiger partial charge in [-0.15, -0.1) is 0 Å². The summed E-state index contributed by atoms with van der Waals surface area (Å²) in [5.41, 5.74) is 1.79. The van der Waals surface area contributed by atoms with Crippen molar-refractivity contribution < 1.29 is 13.5 Å². The highest BCUT2D eigenvalue weighted by Crippen LogP contribution is 2.25. The van der Waals surface area contributed by atoms with Crippen LogP contribution in [0.4, 0.5) is 5.69 Å². The Morgan fingerprint density at radius 3 is 2.64 bits per heavy atom. The SMILES string of the molecule is NS(=O)(=O)c1ccc(N=Cc2c(O)[nH]c3ccncc23)cc1. The molecule has 7 nitrogen and oxygen atoms in total. The molecule has 4 N–H and O–H groups in total. The molecule has 0 saturated heterocycles. The summed E-state index contributed by atoms with van der Waals surface area (Å²) in [5.74, 6) is -0.00657. The summed E-state index contributed by atoms with van der Waals surface area (Å²) in [6.07, 6.45) is 4.73. The van der Waals surface area contributed by atoms with Crippen LogP contribution in [0.15, 0.2) is 52.6 Å². The molecule has 0 aliphatic carbocycles. The Morgan fingerprint density at radius 2 is 1.95 bits per heavy atom. The number of benzene rings is 1. The van der Waals surface area contributed by atoms with Crippen LogP contribution in [0.3, 0.4) is 0 Å². The number of hydrogen-bond acceptors (Lipinski definition) is 5. The van der Waals surface area contributed by atoms with Gasteiger partial charge in [-0.2, -0.15) is 0 Å². The molecule has 0 unspecified atom stereocenters. The van der Waals surface area contributed by atoms with Gasteiger partial charge >= 0.3 is 0 Å². The Bertz CT molecular complexity index is 959. The van der Waals surface area contributed by atoms with Crippen molar-refractivity contribution in [2.24, 2.45) is 10.1 Å². The van der Waals surface area contributed by atoms with Crippen LogP contribution in [-0.4, -0.2) is 29.7 Å². The smallest absolute Gasteiger partial charge is 0.238 e. The van der Waals surface area contributed by atoms with E-state index in [1.54, 1.807) is 18.5 Å². The van der Waals surface area contributed by atoms with Crippen molar-refractivity contribution in [3.8, 4) is 5.88 Å². The second-order valence-electron chi connectivity index (χ2n) is 4.61. The van der Waals surface area contributed by atoms with E-state index in [1.807, 2.05) is 0 Å². The van der Waals surface area contributed by atoms with Gasteiger partial charge in [0, 0.05) is 24.0 Å². The molecule has 3 rings (SSSR count). The van der Waals surface area contributed by atoms with Crippen LogP contribution in [0, 0.1) is 0 Å². The summed E-state index contributed by atoms with van der Waals surface area (Å²) < 4.78 is 22.4. The molecule has 0 amide bonds. The lowest BCUT2D eigenvalue weighted by molar-refractivity contribution is 0.457. The van der Waals surface area contributed by atoms with E-state index in [2.05, 4.69) is 15.0 Å². The highest BCUT2D eigenvalue weighted by Gasteiger charge is 2.09. The fourth-order valence-electron chi connectivity index (χ4n) is 2.03. The Morgan fingerprint density at radius 1 is 1.23 bits per heavy atom. The van der Waals surface area contributed by atoms with Gasteiger partial charge in [-0.1, -0.05) is 0 Å². The molecular weight excluding hydrogens is 304 g/mol. The van der Waals surface area contributed by atoms with Crippen molar-refractivity contribution in [2.45, 2.75) is 4.90 Å². The number of H-pyrrole nitrogens is 1. The molecule has 0 fully saturated rings. The first kappa shape index (κ1) is 14.2.